The van der Waals surface area contributed by atoms with Crippen LogP contribution in [0.2, 0.25) is 0 Å². The number of aromatic nitrogens is 3. The first-order valence-corrected chi connectivity index (χ1v) is 6.62. The summed E-state index contributed by atoms with van der Waals surface area (Å²) >= 11 is 1.71. The molecule has 0 fully saturated rings. The van der Waals surface area contributed by atoms with Crippen molar-refractivity contribution in [3.63, 3.8) is 0 Å². The second-order valence-corrected chi connectivity index (χ2v) is 5.87. The maximum atomic E-state index is 4.44. The van der Waals surface area contributed by atoms with Gasteiger partial charge in [0, 0.05) is 5.54 Å². The van der Waals surface area contributed by atoms with Crippen LogP contribution in [0.1, 0.15) is 32.2 Å². The summed E-state index contributed by atoms with van der Waals surface area (Å²) in [6.45, 7) is 7.91. The van der Waals surface area contributed by atoms with E-state index in [0.29, 0.717) is 6.54 Å². The Hall–Kier alpha value is -1.20. The molecule has 17 heavy (non-hydrogen) atoms. The zero-order chi connectivity index (χ0) is 12.3. The predicted octanol–water partition coefficient (Wildman–Crippen LogP) is 2.28. The van der Waals surface area contributed by atoms with Gasteiger partial charge in [-0.3, -0.25) is 0 Å². The molecule has 0 radical (unpaired) electrons. The van der Waals surface area contributed by atoms with Gasteiger partial charge in [-0.2, -0.15) is 16.4 Å². The molecular weight excluding hydrogens is 232 g/mol. The van der Waals surface area contributed by atoms with Crippen molar-refractivity contribution < 1.29 is 0 Å². The van der Waals surface area contributed by atoms with Gasteiger partial charge in [0.05, 0.1) is 13.1 Å². The van der Waals surface area contributed by atoms with Crippen molar-refractivity contribution in [1.82, 2.24) is 20.1 Å². The molecule has 1 N–H and O–H groups in total. The highest BCUT2D eigenvalue weighted by Gasteiger charge is 2.10. The highest BCUT2D eigenvalue weighted by Crippen LogP contribution is 2.07. The number of hydrogen-bond donors (Lipinski definition) is 1. The van der Waals surface area contributed by atoms with Crippen LogP contribution in [-0.4, -0.2) is 20.3 Å². The van der Waals surface area contributed by atoms with Gasteiger partial charge in [-0.25, -0.2) is 9.67 Å². The van der Waals surface area contributed by atoms with Crippen molar-refractivity contribution in [2.45, 2.75) is 39.4 Å². The first kappa shape index (κ1) is 12.3. The van der Waals surface area contributed by atoms with E-state index in [0.717, 1.165) is 12.4 Å². The van der Waals surface area contributed by atoms with Crippen molar-refractivity contribution in [2.24, 2.45) is 0 Å². The molecule has 0 atom stereocenters. The van der Waals surface area contributed by atoms with Crippen LogP contribution in [0.5, 0.6) is 0 Å². The Labute approximate surface area is 106 Å². The SMILES string of the molecule is CC(C)(C)NCc1ncn(Cc2ccsc2)n1. The van der Waals surface area contributed by atoms with Crippen molar-refractivity contribution in [3.05, 3.63) is 34.5 Å². The molecule has 0 saturated carbocycles. The zero-order valence-electron chi connectivity index (χ0n) is 10.5. The maximum Gasteiger partial charge on any atom is 0.164 e. The van der Waals surface area contributed by atoms with Crippen LogP contribution >= 0.6 is 11.3 Å². The fraction of sp³-hybridized carbons (Fsp3) is 0.500. The molecule has 2 aromatic rings. The highest BCUT2D eigenvalue weighted by atomic mass is 32.1. The lowest BCUT2D eigenvalue weighted by Gasteiger charge is -2.19. The van der Waals surface area contributed by atoms with E-state index in [2.05, 4.69) is 53.0 Å². The average Bonchev–Trinajstić information content (AvgIpc) is 2.86. The number of nitrogens with one attached hydrogen (secondary N) is 1. The van der Waals surface area contributed by atoms with Gasteiger partial charge in [-0.1, -0.05) is 0 Å². The van der Waals surface area contributed by atoms with Gasteiger partial charge < -0.3 is 5.32 Å². The van der Waals surface area contributed by atoms with Gasteiger partial charge >= 0.3 is 0 Å². The maximum absolute atomic E-state index is 4.44. The minimum atomic E-state index is 0.0960. The Morgan fingerprint density at radius 2 is 2.24 bits per heavy atom. The highest BCUT2D eigenvalue weighted by molar-refractivity contribution is 7.07. The molecule has 0 aliphatic carbocycles. The van der Waals surface area contributed by atoms with Crippen LogP contribution < -0.4 is 5.32 Å². The first-order chi connectivity index (χ1) is 8.03. The molecule has 0 aliphatic heterocycles. The Morgan fingerprint density at radius 1 is 1.41 bits per heavy atom. The summed E-state index contributed by atoms with van der Waals surface area (Å²) in [7, 11) is 0. The predicted molar refractivity (Wildman–Crippen MR) is 70.0 cm³/mol. The van der Waals surface area contributed by atoms with Crippen LogP contribution in [0, 0.1) is 0 Å². The smallest absolute Gasteiger partial charge is 0.164 e. The van der Waals surface area contributed by atoms with Gasteiger partial charge in [-0.05, 0) is 43.2 Å². The molecule has 0 bridgehead atoms. The fourth-order valence-corrected chi connectivity index (χ4v) is 2.06. The topological polar surface area (TPSA) is 42.7 Å². The van der Waals surface area contributed by atoms with Gasteiger partial charge in [0.1, 0.15) is 6.33 Å². The summed E-state index contributed by atoms with van der Waals surface area (Å²) in [5, 5.41) is 12.0. The Balaban J connectivity index is 1.92. The van der Waals surface area contributed by atoms with Crippen LogP contribution in [0.15, 0.2) is 23.2 Å². The molecule has 0 saturated heterocycles. The monoisotopic (exact) mass is 250 g/mol. The number of thiophene rings is 1. The third-order valence-electron chi connectivity index (χ3n) is 2.29. The van der Waals surface area contributed by atoms with Gasteiger partial charge in [-0.15, -0.1) is 0 Å². The molecule has 92 valence electrons. The Morgan fingerprint density at radius 3 is 2.88 bits per heavy atom. The van der Waals surface area contributed by atoms with Crippen molar-refractivity contribution in [1.29, 1.82) is 0 Å². The lowest BCUT2D eigenvalue weighted by molar-refractivity contribution is 0.417. The molecular formula is C12H18N4S. The average molecular weight is 250 g/mol. The molecule has 2 rings (SSSR count). The van der Waals surface area contributed by atoms with Gasteiger partial charge in [0.15, 0.2) is 5.82 Å². The molecule has 2 aromatic heterocycles. The quantitative estimate of drug-likeness (QED) is 0.905. The van der Waals surface area contributed by atoms with E-state index in [1.807, 2.05) is 4.68 Å². The third-order valence-corrected chi connectivity index (χ3v) is 3.02. The lowest BCUT2D eigenvalue weighted by atomic mass is 10.1. The van der Waals surface area contributed by atoms with E-state index in [4.69, 9.17) is 0 Å². The van der Waals surface area contributed by atoms with Crippen molar-refractivity contribution >= 4 is 11.3 Å². The van der Waals surface area contributed by atoms with E-state index in [9.17, 15) is 0 Å². The normalized spacial score (nSPS) is 11.9. The zero-order valence-corrected chi connectivity index (χ0v) is 11.3. The van der Waals surface area contributed by atoms with Crippen molar-refractivity contribution in [3.8, 4) is 0 Å². The lowest BCUT2D eigenvalue weighted by Crippen LogP contribution is -2.35. The fourth-order valence-electron chi connectivity index (χ4n) is 1.40. The second-order valence-electron chi connectivity index (χ2n) is 5.09. The summed E-state index contributed by atoms with van der Waals surface area (Å²) in [6, 6.07) is 2.11. The third kappa shape index (κ3) is 3.94. The summed E-state index contributed by atoms with van der Waals surface area (Å²) < 4.78 is 1.88. The second kappa shape index (κ2) is 4.98. The van der Waals surface area contributed by atoms with E-state index in [-0.39, 0.29) is 5.54 Å². The Bertz CT molecular complexity index is 453. The van der Waals surface area contributed by atoms with Crippen LogP contribution in [0.25, 0.3) is 0 Å². The molecule has 5 heteroatoms. The molecule has 0 aliphatic rings. The molecule has 0 amide bonds. The number of hydrogen-bond acceptors (Lipinski definition) is 4. The molecule has 0 aromatic carbocycles. The summed E-state index contributed by atoms with van der Waals surface area (Å²) in [4.78, 5) is 4.29. The summed E-state index contributed by atoms with van der Waals surface area (Å²) in [5.74, 6) is 0.843. The summed E-state index contributed by atoms with van der Waals surface area (Å²) in [5.41, 5.74) is 1.37. The van der Waals surface area contributed by atoms with E-state index in [1.165, 1.54) is 5.56 Å². The van der Waals surface area contributed by atoms with Crippen LogP contribution in [0.4, 0.5) is 0 Å². The van der Waals surface area contributed by atoms with E-state index in [1.54, 1.807) is 17.7 Å². The largest absolute Gasteiger partial charge is 0.305 e. The molecule has 2 heterocycles. The molecule has 0 spiro atoms. The minimum absolute atomic E-state index is 0.0960. The van der Waals surface area contributed by atoms with E-state index < -0.39 is 0 Å². The number of nitrogens with zero attached hydrogens (tertiary/aromatic N) is 3. The van der Waals surface area contributed by atoms with Crippen molar-refractivity contribution in [2.75, 3.05) is 0 Å². The van der Waals surface area contributed by atoms with Crippen LogP contribution in [0.3, 0.4) is 0 Å². The first-order valence-electron chi connectivity index (χ1n) is 5.67. The van der Waals surface area contributed by atoms with Gasteiger partial charge in [0.25, 0.3) is 0 Å². The van der Waals surface area contributed by atoms with Gasteiger partial charge in [0.2, 0.25) is 0 Å². The Kier molecular flexibility index (Phi) is 3.59. The standard InChI is InChI=1S/C12H18N4S/c1-12(2,3)14-6-11-13-9-16(15-11)7-10-4-5-17-8-10/h4-5,8-9,14H,6-7H2,1-3H3. The molecule has 4 nitrogen and oxygen atoms in total. The minimum Gasteiger partial charge on any atom is -0.305 e. The van der Waals surface area contributed by atoms with E-state index >= 15 is 0 Å². The van der Waals surface area contributed by atoms with Crippen LogP contribution in [-0.2, 0) is 13.1 Å². The summed E-state index contributed by atoms with van der Waals surface area (Å²) in [6.07, 6.45) is 1.79. The number of rotatable bonds is 4. The molecule has 0 unspecified atom stereocenters.